The molecule has 124 valence electrons. The number of thioether (sulfide) groups is 1. The monoisotopic (exact) mass is 335 g/mol. The lowest BCUT2D eigenvalue weighted by molar-refractivity contribution is -0.143. The summed E-state index contributed by atoms with van der Waals surface area (Å²) in [5.74, 6) is 1.36. The van der Waals surface area contributed by atoms with Gasteiger partial charge < -0.3 is 9.84 Å². The van der Waals surface area contributed by atoms with Gasteiger partial charge in [0.1, 0.15) is 0 Å². The Labute approximate surface area is 140 Å². The molecular weight excluding hydrogens is 314 g/mol. The van der Waals surface area contributed by atoms with Crippen LogP contribution in [0.2, 0.25) is 0 Å². The highest BCUT2D eigenvalue weighted by Gasteiger charge is 2.53. The van der Waals surface area contributed by atoms with Crippen molar-refractivity contribution in [1.29, 1.82) is 0 Å². The number of hydrogen-bond acceptors (Lipinski definition) is 5. The predicted molar refractivity (Wildman–Crippen MR) is 87.8 cm³/mol. The molecule has 0 saturated carbocycles. The Morgan fingerprint density at radius 2 is 2.09 bits per heavy atom. The SMILES string of the molecule is O=C1C[C@@]2(CCSC2)C(=O)N1C[C@H](O)COCc1ccccc1. The zero-order valence-corrected chi connectivity index (χ0v) is 13.8. The standard InChI is InChI=1S/C17H21NO4S/c19-14(11-22-10-13-4-2-1-3-5-13)9-18-15(20)8-17(16(18)21)6-7-23-12-17/h1-5,14,19H,6-12H2/t14-,17+/m0/s1. The van der Waals surface area contributed by atoms with E-state index in [9.17, 15) is 14.7 Å². The molecule has 2 heterocycles. The zero-order chi connectivity index (χ0) is 16.3. The average Bonchev–Trinajstić information content (AvgIpc) is 3.10. The van der Waals surface area contributed by atoms with Gasteiger partial charge in [0.2, 0.25) is 11.8 Å². The van der Waals surface area contributed by atoms with E-state index in [2.05, 4.69) is 0 Å². The Morgan fingerprint density at radius 3 is 2.78 bits per heavy atom. The van der Waals surface area contributed by atoms with Crippen LogP contribution in [0.3, 0.4) is 0 Å². The molecule has 2 amide bonds. The summed E-state index contributed by atoms with van der Waals surface area (Å²) in [7, 11) is 0. The third-order valence-corrected chi connectivity index (χ3v) is 5.66. The molecule has 2 saturated heterocycles. The number of amides is 2. The number of aliphatic hydroxyl groups excluding tert-OH is 1. The summed E-state index contributed by atoms with van der Waals surface area (Å²) in [4.78, 5) is 25.9. The second kappa shape index (κ2) is 7.03. The largest absolute Gasteiger partial charge is 0.389 e. The van der Waals surface area contributed by atoms with Gasteiger partial charge >= 0.3 is 0 Å². The van der Waals surface area contributed by atoms with Crippen molar-refractivity contribution in [3.63, 3.8) is 0 Å². The minimum atomic E-state index is -0.851. The van der Waals surface area contributed by atoms with Crippen LogP contribution in [0.4, 0.5) is 0 Å². The number of ether oxygens (including phenoxy) is 1. The molecule has 1 aromatic carbocycles. The van der Waals surface area contributed by atoms with E-state index in [0.29, 0.717) is 12.4 Å². The third-order valence-electron chi connectivity index (χ3n) is 4.41. The summed E-state index contributed by atoms with van der Waals surface area (Å²) < 4.78 is 5.48. The molecule has 23 heavy (non-hydrogen) atoms. The van der Waals surface area contributed by atoms with Gasteiger partial charge in [-0.3, -0.25) is 14.5 Å². The van der Waals surface area contributed by atoms with Gasteiger partial charge in [-0.15, -0.1) is 0 Å². The lowest BCUT2D eigenvalue weighted by Gasteiger charge is -2.22. The molecule has 3 rings (SSSR count). The molecule has 0 aliphatic carbocycles. The van der Waals surface area contributed by atoms with Crippen molar-refractivity contribution in [1.82, 2.24) is 4.90 Å². The van der Waals surface area contributed by atoms with Crippen LogP contribution in [0, 0.1) is 5.41 Å². The molecule has 1 N–H and O–H groups in total. The first-order valence-electron chi connectivity index (χ1n) is 7.83. The lowest BCUT2D eigenvalue weighted by Crippen LogP contribution is -2.41. The van der Waals surface area contributed by atoms with Crippen molar-refractivity contribution in [3.8, 4) is 0 Å². The van der Waals surface area contributed by atoms with Crippen molar-refractivity contribution < 1.29 is 19.4 Å². The summed E-state index contributed by atoms with van der Waals surface area (Å²) >= 11 is 1.72. The maximum atomic E-state index is 12.5. The first-order valence-corrected chi connectivity index (χ1v) is 8.98. The Balaban J connectivity index is 1.49. The fraction of sp³-hybridized carbons (Fsp3) is 0.529. The van der Waals surface area contributed by atoms with E-state index >= 15 is 0 Å². The Hall–Kier alpha value is -1.37. The fourth-order valence-corrected chi connectivity index (χ4v) is 4.55. The second-order valence-electron chi connectivity index (χ2n) is 6.22. The van der Waals surface area contributed by atoms with Crippen molar-refractivity contribution in [2.24, 2.45) is 5.41 Å². The minimum absolute atomic E-state index is 0.0267. The van der Waals surface area contributed by atoms with Gasteiger partial charge in [0.05, 0.1) is 31.3 Å². The highest BCUT2D eigenvalue weighted by atomic mass is 32.2. The Kier molecular flexibility index (Phi) is 5.04. The van der Waals surface area contributed by atoms with Crippen LogP contribution in [0.1, 0.15) is 18.4 Å². The molecule has 5 nitrogen and oxygen atoms in total. The molecule has 2 aliphatic rings. The van der Waals surface area contributed by atoms with Gasteiger partial charge in [-0.25, -0.2) is 0 Å². The number of β-amino-alcohol motifs (C(OH)–C–C–N with tert-alkyl or cyclic N) is 1. The molecule has 0 bridgehead atoms. The number of nitrogens with zero attached hydrogens (tertiary/aromatic N) is 1. The molecule has 2 aliphatic heterocycles. The highest BCUT2D eigenvalue weighted by molar-refractivity contribution is 7.99. The molecule has 2 fully saturated rings. The van der Waals surface area contributed by atoms with E-state index in [1.165, 1.54) is 4.90 Å². The van der Waals surface area contributed by atoms with Gasteiger partial charge in [0.25, 0.3) is 0 Å². The number of aliphatic hydroxyl groups is 1. The Bertz CT molecular complexity index is 571. The Morgan fingerprint density at radius 1 is 1.30 bits per heavy atom. The first kappa shape index (κ1) is 16.5. The predicted octanol–water partition coefficient (Wildman–Crippen LogP) is 1.45. The topological polar surface area (TPSA) is 66.8 Å². The van der Waals surface area contributed by atoms with Crippen LogP contribution in [0.25, 0.3) is 0 Å². The first-order chi connectivity index (χ1) is 11.1. The smallest absolute Gasteiger partial charge is 0.236 e. The van der Waals surface area contributed by atoms with Gasteiger partial charge in [-0.2, -0.15) is 11.8 Å². The lowest BCUT2D eigenvalue weighted by atomic mass is 9.86. The van der Waals surface area contributed by atoms with Crippen LogP contribution < -0.4 is 0 Å². The van der Waals surface area contributed by atoms with E-state index in [-0.39, 0.29) is 31.4 Å². The summed E-state index contributed by atoms with van der Waals surface area (Å²) in [6.45, 7) is 0.535. The molecule has 6 heteroatoms. The molecule has 0 radical (unpaired) electrons. The average molecular weight is 335 g/mol. The van der Waals surface area contributed by atoms with Crippen LogP contribution in [-0.2, 0) is 20.9 Å². The van der Waals surface area contributed by atoms with Gasteiger partial charge in [0, 0.05) is 12.2 Å². The fourth-order valence-electron chi connectivity index (χ4n) is 3.11. The number of carbonyl (C=O) groups excluding carboxylic acids is 2. The minimum Gasteiger partial charge on any atom is -0.389 e. The molecular formula is C17H21NO4S. The van der Waals surface area contributed by atoms with Crippen LogP contribution in [-0.4, -0.2) is 52.6 Å². The van der Waals surface area contributed by atoms with Crippen LogP contribution in [0.15, 0.2) is 30.3 Å². The van der Waals surface area contributed by atoms with E-state index in [0.717, 1.165) is 17.7 Å². The molecule has 0 aromatic heterocycles. The second-order valence-corrected chi connectivity index (χ2v) is 7.33. The summed E-state index contributed by atoms with van der Waals surface area (Å²) in [6.07, 6.45) is 0.200. The molecule has 0 unspecified atom stereocenters. The number of benzene rings is 1. The number of likely N-dealkylation sites (tertiary alicyclic amines) is 1. The van der Waals surface area contributed by atoms with E-state index in [4.69, 9.17) is 4.74 Å². The highest BCUT2D eigenvalue weighted by Crippen LogP contribution is 2.44. The van der Waals surface area contributed by atoms with Crippen molar-refractivity contribution >= 4 is 23.6 Å². The van der Waals surface area contributed by atoms with E-state index in [1.807, 2.05) is 30.3 Å². The number of rotatable bonds is 6. The number of hydrogen-bond donors (Lipinski definition) is 1. The zero-order valence-electron chi connectivity index (χ0n) is 12.9. The van der Waals surface area contributed by atoms with Gasteiger partial charge in [-0.1, -0.05) is 30.3 Å². The summed E-state index contributed by atoms with van der Waals surface area (Å²) in [5.41, 5.74) is 0.516. The molecule has 1 spiro atoms. The molecule has 1 aromatic rings. The van der Waals surface area contributed by atoms with Gasteiger partial charge in [0.15, 0.2) is 0 Å². The third kappa shape index (κ3) is 3.59. The molecule has 2 atom stereocenters. The van der Waals surface area contributed by atoms with E-state index in [1.54, 1.807) is 11.8 Å². The van der Waals surface area contributed by atoms with Crippen LogP contribution in [0.5, 0.6) is 0 Å². The summed E-state index contributed by atoms with van der Waals surface area (Å²) in [5, 5.41) is 10.1. The van der Waals surface area contributed by atoms with E-state index < -0.39 is 11.5 Å². The van der Waals surface area contributed by atoms with Crippen LogP contribution >= 0.6 is 11.8 Å². The maximum Gasteiger partial charge on any atom is 0.236 e. The number of carbonyl (C=O) groups is 2. The quantitative estimate of drug-likeness (QED) is 0.797. The van der Waals surface area contributed by atoms with Gasteiger partial charge in [-0.05, 0) is 17.7 Å². The van der Waals surface area contributed by atoms with Crippen molar-refractivity contribution in [2.45, 2.75) is 25.6 Å². The maximum absolute atomic E-state index is 12.5. The van der Waals surface area contributed by atoms with Crippen molar-refractivity contribution in [2.75, 3.05) is 24.7 Å². The normalized spacial score (nSPS) is 25.5. The number of imide groups is 1. The summed E-state index contributed by atoms with van der Waals surface area (Å²) in [6, 6.07) is 9.68. The van der Waals surface area contributed by atoms with Crippen molar-refractivity contribution in [3.05, 3.63) is 35.9 Å².